The second-order valence-electron chi connectivity index (χ2n) is 1.50. The molecule has 1 fully saturated rings. The number of hydrogen-bond donors (Lipinski definition) is 0. The number of ether oxygens (including phenoxy) is 1. The van der Waals surface area contributed by atoms with Crippen molar-refractivity contribution in [3.05, 3.63) is 0 Å². The van der Waals surface area contributed by atoms with E-state index in [0.717, 1.165) is 6.61 Å². The summed E-state index contributed by atoms with van der Waals surface area (Å²) in [6, 6.07) is 0. The fourth-order valence-corrected chi connectivity index (χ4v) is 1.50. The molecule has 1 rings (SSSR count). The first-order valence-electron chi connectivity index (χ1n) is 2.22. The molecular weight excluding hydrogens is 183 g/mol. The average Bonchev–Trinajstić information content (AvgIpc) is 1.86. The summed E-state index contributed by atoms with van der Waals surface area (Å²) >= 11 is 1.54. The van der Waals surface area contributed by atoms with Crippen molar-refractivity contribution < 1.29 is 4.74 Å². The van der Waals surface area contributed by atoms with Crippen molar-refractivity contribution in [2.45, 2.75) is 17.0 Å². The first kappa shape index (κ1) is 4.91. The molecule has 33 valence electrons. The Morgan fingerprint density at radius 3 is 2.67 bits per heavy atom. The topological polar surface area (TPSA) is 9.23 Å². The van der Waals surface area contributed by atoms with Gasteiger partial charge in [0.25, 0.3) is 0 Å². The van der Waals surface area contributed by atoms with Gasteiger partial charge in [-0.25, -0.2) is 0 Å². The molecule has 0 bridgehead atoms. The van der Waals surface area contributed by atoms with Crippen LogP contribution in [0.1, 0.15) is 12.8 Å². The van der Waals surface area contributed by atoms with E-state index in [1.54, 1.807) is 22.5 Å². The average molecular weight is 190 g/mol. The molecule has 0 N–H and O–H groups in total. The Hall–Kier alpha value is 0.759. The summed E-state index contributed by atoms with van der Waals surface area (Å²) in [5, 5.41) is 0. The van der Waals surface area contributed by atoms with Crippen LogP contribution in [-0.4, -0.2) is 33.3 Å². The molecule has 0 saturated carbocycles. The van der Waals surface area contributed by atoms with Crippen LogP contribution in [0.4, 0.5) is 0 Å². The van der Waals surface area contributed by atoms with E-state index in [-0.39, 0.29) is 0 Å². The number of hydrogen-bond acceptors (Lipinski definition) is 1. The van der Waals surface area contributed by atoms with Gasteiger partial charge in [0.2, 0.25) is 0 Å². The Morgan fingerprint density at radius 1 is 1.67 bits per heavy atom. The van der Waals surface area contributed by atoms with Gasteiger partial charge in [-0.05, 0) is 0 Å². The van der Waals surface area contributed by atoms with Crippen molar-refractivity contribution in [1.82, 2.24) is 0 Å². The normalized spacial score (nSPS) is 34.5. The zero-order valence-electron chi connectivity index (χ0n) is 3.61. The Labute approximate surface area is 51.2 Å². The summed E-state index contributed by atoms with van der Waals surface area (Å²) in [6.45, 7) is 1.01. The van der Waals surface area contributed by atoms with Gasteiger partial charge in [0, 0.05) is 0 Å². The summed E-state index contributed by atoms with van der Waals surface area (Å²) in [5.74, 6) is 0. The van der Waals surface area contributed by atoms with Crippen molar-refractivity contribution in [2.75, 3.05) is 6.61 Å². The molecule has 0 amide bonds. The zero-order chi connectivity index (χ0) is 4.41. The standard InChI is InChI=1S/C4H7O.Sn/c1-2-4-5-3-1;/h3H,1-2,4H2;. The second-order valence-corrected chi connectivity index (χ2v) is 3.34. The van der Waals surface area contributed by atoms with E-state index in [4.69, 9.17) is 4.74 Å². The van der Waals surface area contributed by atoms with Crippen LogP contribution in [0.15, 0.2) is 0 Å². The van der Waals surface area contributed by atoms with Crippen molar-refractivity contribution >= 4 is 22.5 Å². The summed E-state index contributed by atoms with van der Waals surface area (Å²) in [5.41, 5.74) is 0. The van der Waals surface area contributed by atoms with Crippen molar-refractivity contribution in [3.8, 4) is 0 Å². The summed E-state index contributed by atoms with van der Waals surface area (Å²) in [6.07, 6.45) is 2.59. The van der Waals surface area contributed by atoms with Gasteiger partial charge in [0.1, 0.15) is 0 Å². The van der Waals surface area contributed by atoms with Crippen LogP contribution >= 0.6 is 0 Å². The maximum absolute atomic E-state index is 5.19. The van der Waals surface area contributed by atoms with Gasteiger partial charge in [-0.1, -0.05) is 0 Å². The van der Waals surface area contributed by atoms with E-state index in [0.29, 0.717) is 4.12 Å². The SMILES string of the molecule is [Sn][C@@H]1CCCO1. The van der Waals surface area contributed by atoms with E-state index in [1.165, 1.54) is 12.8 Å². The molecule has 2 heteroatoms. The van der Waals surface area contributed by atoms with Crippen LogP contribution in [0.2, 0.25) is 0 Å². The van der Waals surface area contributed by atoms with Gasteiger partial charge in [-0.3, -0.25) is 0 Å². The van der Waals surface area contributed by atoms with Gasteiger partial charge in [-0.2, -0.15) is 0 Å². The molecule has 0 aromatic rings. The quantitative estimate of drug-likeness (QED) is 0.498. The Balaban J connectivity index is 2.18. The van der Waals surface area contributed by atoms with Crippen LogP contribution < -0.4 is 0 Å². The predicted octanol–water partition coefficient (Wildman–Crippen LogP) is 0.291. The maximum atomic E-state index is 5.19. The summed E-state index contributed by atoms with van der Waals surface area (Å²) < 4.78 is 5.83. The molecule has 1 atom stereocenters. The fourth-order valence-electron chi connectivity index (χ4n) is 0.578. The molecule has 1 aliphatic rings. The fraction of sp³-hybridized carbons (Fsp3) is 1.00. The van der Waals surface area contributed by atoms with Crippen LogP contribution in [0.5, 0.6) is 0 Å². The van der Waals surface area contributed by atoms with Crippen LogP contribution in [0, 0.1) is 0 Å². The Bertz CT molecular complexity index is 40.8. The molecule has 0 spiro atoms. The third-order valence-corrected chi connectivity index (χ3v) is 2.23. The summed E-state index contributed by atoms with van der Waals surface area (Å²) in [7, 11) is 0. The molecule has 1 nitrogen and oxygen atoms in total. The van der Waals surface area contributed by atoms with Crippen LogP contribution in [0.25, 0.3) is 0 Å². The molecule has 3 radical (unpaired) electrons. The van der Waals surface area contributed by atoms with E-state index in [1.807, 2.05) is 0 Å². The van der Waals surface area contributed by atoms with Crippen molar-refractivity contribution in [2.24, 2.45) is 0 Å². The molecule has 1 heterocycles. The van der Waals surface area contributed by atoms with Crippen molar-refractivity contribution in [3.63, 3.8) is 0 Å². The minimum absolute atomic E-state index is 0.636. The predicted molar refractivity (Wildman–Crippen MR) is 24.7 cm³/mol. The van der Waals surface area contributed by atoms with Crippen molar-refractivity contribution in [1.29, 1.82) is 0 Å². The molecule has 0 unspecified atom stereocenters. The van der Waals surface area contributed by atoms with E-state index < -0.39 is 0 Å². The monoisotopic (exact) mass is 191 g/mol. The Morgan fingerprint density at radius 2 is 2.50 bits per heavy atom. The molecule has 0 aromatic heterocycles. The van der Waals surface area contributed by atoms with E-state index in [2.05, 4.69) is 0 Å². The van der Waals surface area contributed by atoms with Gasteiger partial charge in [-0.15, -0.1) is 0 Å². The molecule has 6 heavy (non-hydrogen) atoms. The molecule has 1 aliphatic heterocycles. The minimum atomic E-state index is 0.636. The van der Waals surface area contributed by atoms with Gasteiger partial charge < -0.3 is 0 Å². The molecule has 0 aromatic carbocycles. The Kier molecular flexibility index (Phi) is 1.77. The first-order chi connectivity index (χ1) is 2.89. The van der Waals surface area contributed by atoms with Gasteiger partial charge in [0.05, 0.1) is 0 Å². The first-order valence-corrected chi connectivity index (χ1v) is 3.87. The van der Waals surface area contributed by atoms with E-state index in [9.17, 15) is 0 Å². The zero-order valence-corrected chi connectivity index (χ0v) is 6.46. The molecule has 1 saturated heterocycles. The van der Waals surface area contributed by atoms with Crippen LogP contribution in [0.3, 0.4) is 0 Å². The second kappa shape index (κ2) is 2.17. The van der Waals surface area contributed by atoms with E-state index >= 15 is 0 Å². The third kappa shape index (κ3) is 1.12. The number of rotatable bonds is 0. The third-order valence-electron chi connectivity index (χ3n) is 0.930. The van der Waals surface area contributed by atoms with Crippen LogP contribution in [-0.2, 0) is 4.74 Å². The molecule has 0 aliphatic carbocycles. The van der Waals surface area contributed by atoms with Gasteiger partial charge >= 0.3 is 50.8 Å². The molecular formula is C4H7OSn. The summed E-state index contributed by atoms with van der Waals surface area (Å²) in [4.78, 5) is 0. The van der Waals surface area contributed by atoms with Gasteiger partial charge in [0.15, 0.2) is 0 Å².